The molecule has 5 heteroatoms. The largest absolute Gasteiger partial charge is 0.466 e. The van der Waals surface area contributed by atoms with E-state index in [1.54, 1.807) is 18.2 Å². The number of hydrogen-bond acceptors (Lipinski definition) is 3. The van der Waals surface area contributed by atoms with E-state index >= 15 is 0 Å². The Kier molecular flexibility index (Phi) is 4.81. The molecule has 1 rings (SSSR count). The average molecular weight is 246 g/mol. The third-order valence-corrected chi connectivity index (χ3v) is 2.25. The van der Waals surface area contributed by atoms with Crippen LogP contribution in [0.2, 0.25) is 5.02 Å². The Hall–Kier alpha value is -0.840. The first-order chi connectivity index (χ1) is 7.15. The summed E-state index contributed by atoms with van der Waals surface area (Å²) < 4.78 is 10.3. The second kappa shape index (κ2) is 5.90. The molecule has 0 unspecified atom stereocenters. The highest BCUT2D eigenvalue weighted by Crippen LogP contribution is 2.25. The standard InChI is InChI=1S/C10H12ClNO2S/c1-2-13-6-14-9-4-3-7(10(12)15)5-8(9)11/h3-5H,2,6H2,1H3,(H2,12,15). The fraction of sp³-hybridized carbons (Fsp3) is 0.300. The minimum atomic E-state index is 0.183. The molecule has 1 aromatic carbocycles. The van der Waals surface area contributed by atoms with Crippen LogP contribution in [0.5, 0.6) is 5.75 Å². The van der Waals surface area contributed by atoms with E-state index in [9.17, 15) is 0 Å². The molecule has 0 aliphatic carbocycles. The van der Waals surface area contributed by atoms with E-state index in [4.69, 9.17) is 39.0 Å². The van der Waals surface area contributed by atoms with Gasteiger partial charge in [-0.1, -0.05) is 23.8 Å². The summed E-state index contributed by atoms with van der Waals surface area (Å²) in [5.41, 5.74) is 6.18. The molecule has 2 N–H and O–H groups in total. The summed E-state index contributed by atoms with van der Waals surface area (Å²) in [6, 6.07) is 5.15. The van der Waals surface area contributed by atoms with Crippen LogP contribution in [0.4, 0.5) is 0 Å². The van der Waals surface area contributed by atoms with E-state index in [0.29, 0.717) is 22.4 Å². The van der Waals surface area contributed by atoms with Crippen LogP contribution in [-0.4, -0.2) is 18.4 Å². The van der Waals surface area contributed by atoms with Crippen LogP contribution >= 0.6 is 23.8 Å². The normalized spacial score (nSPS) is 10.0. The van der Waals surface area contributed by atoms with Crippen LogP contribution in [0, 0.1) is 0 Å². The number of halogens is 1. The van der Waals surface area contributed by atoms with Crippen LogP contribution < -0.4 is 10.5 Å². The topological polar surface area (TPSA) is 44.5 Å². The van der Waals surface area contributed by atoms with Crippen molar-refractivity contribution in [2.75, 3.05) is 13.4 Å². The van der Waals surface area contributed by atoms with Gasteiger partial charge in [0.15, 0.2) is 6.79 Å². The molecule has 0 radical (unpaired) electrons. The van der Waals surface area contributed by atoms with Gasteiger partial charge in [-0.25, -0.2) is 0 Å². The van der Waals surface area contributed by atoms with Crippen molar-refractivity contribution in [1.82, 2.24) is 0 Å². The quantitative estimate of drug-likeness (QED) is 0.491. The number of thiocarbonyl (C=S) groups is 1. The summed E-state index contributed by atoms with van der Waals surface area (Å²) in [7, 11) is 0. The van der Waals surface area contributed by atoms with Gasteiger partial charge in [0.05, 0.1) is 5.02 Å². The number of rotatable bonds is 5. The maximum atomic E-state index is 5.96. The van der Waals surface area contributed by atoms with Crippen LogP contribution in [0.3, 0.4) is 0 Å². The lowest BCUT2D eigenvalue weighted by atomic mass is 10.2. The molecule has 3 nitrogen and oxygen atoms in total. The molecule has 0 saturated heterocycles. The molecule has 0 aromatic heterocycles. The van der Waals surface area contributed by atoms with E-state index in [1.807, 2.05) is 6.92 Å². The molecule has 1 aromatic rings. The molecule has 0 aliphatic heterocycles. The number of ether oxygens (including phenoxy) is 2. The third-order valence-electron chi connectivity index (χ3n) is 1.72. The fourth-order valence-electron chi connectivity index (χ4n) is 0.960. The highest BCUT2D eigenvalue weighted by Gasteiger charge is 2.04. The molecule has 0 bridgehead atoms. The van der Waals surface area contributed by atoms with Gasteiger partial charge in [-0.05, 0) is 25.1 Å². The van der Waals surface area contributed by atoms with E-state index in [1.165, 1.54) is 0 Å². The van der Waals surface area contributed by atoms with Gasteiger partial charge in [0.2, 0.25) is 0 Å². The molecule has 0 amide bonds. The van der Waals surface area contributed by atoms with Gasteiger partial charge in [0.25, 0.3) is 0 Å². The summed E-state index contributed by atoms with van der Waals surface area (Å²) in [5, 5.41) is 0.472. The summed E-state index contributed by atoms with van der Waals surface area (Å²) >= 11 is 10.8. The Morgan fingerprint density at radius 3 is 2.80 bits per heavy atom. The highest BCUT2D eigenvalue weighted by molar-refractivity contribution is 7.80. The molecular formula is C10H12ClNO2S. The maximum Gasteiger partial charge on any atom is 0.189 e. The summed E-state index contributed by atoms with van der Waals surface area (Å²) in [6.45, 7) is 2.67. The van der Waals surface area contributed by atoms with E-state index in [0.717, 1.165) is 5.56 Å². The van der Waals surface area contributed by atoms with Gasteiger partial charge < -0.3 is 15.2 Å². The Morgan fingerprint density at radius 2 is 2.27 bits per heavy atom. The first-order valence-electron chi connectivity index (χ1n) is 4.45. The first-order valence-corrected chi connectivity index (χ1v) is 5.23. The van der Waals surface area contributed by atoms with Crippen molar-refractivity contribution in [3.05, 3.63) is 28.8 Å². The molecule has 0 aliphatic rings. The van der Waals surface area contributed by atoms with Gasteiger partial charge in [0.1, 0.15) is 10.7 Å². The van der Waals surface area contributed by atoms with E-state index < -0.39 is 0 Å². The third kappa shape index (κ3) is 3.66. The second-order valence-electron chi connectivity index (χ2n) is 2.76. The SMILES string of the molecule is CCOCOc1ccc(C(N)=S)cc1Cl. The van der Waals surface area contributed by atoms with Gasteiger partial charge >= 0.3 is 0 Å². The van der Waals surface area contributed by atoms with Gasteiger partial charge in [0, 0.05) is 12.2 Å². The predicted molar refractivity (Wildman–Crippen MR) is 64.5 cm³/mol. The molecule has 82 valence electrons. The van der Waals surface area contributed by atoms with Crippen molar-refractivity contribution >= 4 is 28.8 Å². The molecule has 0 spiro atoms. The Labute approximate surface area is 99.1 Å². The lowest BCUT2D eigenvalue weighted by Crippen LogP contribution is -2.09. The minimum Gasteiger partial charge on any atom is -0.466 e. The molecule has 0 heterocycles. The minimum absolute atomic E-state index is 0.183. The lowest BCUT2D eigenvalue weighted by Gasteiger charge is -2.08. The van der Waals surface area contributed by atoms with Crippen LogP contribution in [0.25, 0.3) is 0 Å². The number of hydrogen-bond donors (Lipinski definition) is 1. The second-order valence-corrected chi connectivity index (χ2v) is 3.61. The Morgan fingerprint density at radius 1 is 1.53 bits per heavy atom. The van der Waals surface area contributed by atoms with Crippen molar-refractivity contribution < 1.29 is 9.47 Å². The average Bonchev–Trinajstić information content (AvgIpc) is 2.20. The Balaban J connectivity index is 2.70. The maximum absolute atomic E-state index is 5.96. The number of benzene rings is 1. The van der Waals surface area contributed by atoms with E-state index in [-0.39, 0.29) is 6.79 Å². The van der Waals surface area contributed by atoms with Crippen LogP contribution in [0.1, 0.15) is 12.5 Å². The number of nitrogens with two attached hydrogens (primary N) is 1. The van der Waals surface area contributed by atoms with Crippen molar-refractivity contribution in [1.29, 1.82) is 0 Å². The smallest absolute Gasteiger partial charge is 0.189 e. The molecular weight excluding hydrogens is 234 g/mol. The molecule has 15 heavy (non-hydrogen) atoms. The lowest BCUT2D eigenvalue weighted by molar-refractivity contribution is 0.0225. The highest BCUT2D eigenvalue weighted by atomic mass is 35.5. The monoisotopic (exact) mass is 245 g/mol. The van der Waals surface area contributed by atoms with Gasteiger partial charge in [-0.15, -0.1) is 0 Å². The molecule has 0 saturated carbocycles. The van der Waals surface area contributed by atoms with Gasteiger partial charge in [-0.3, -0.25) is 0 Å². The molecule has 0 fully saturated rings. The predicted octanol–water partition coefficient (Wildman–Crippen LogP) is 2.35. The van der Waals surface area contributed by atoms with Crippen molar-refractivity contribution in [2.24, 2.45) is 5.73 Å². The molecule has 0 atom stereocenters. The zero-order valence-electron chi connectivity index (χ0n) is 8.33. The van der Waals surface area contributed by atoms with E-state index in [2.05, 4.69) is 0 Å². The summed E-state index contributed by atoms with van der Waals surface area (Å²) in [6.07, 6.45) is 0. The Bertz CT molecular complexity index is 357. The van der Waals surface area contributed by atoms with Crippen molar-refractivity contribution in [2.45, 2.75) is 6.92 Å². The van der Waals surface area contributed by atoms with Crippen LogP contribution in [0.15, 0.2) is 18.2 Å². The summed E-state index contributed by atoms with van der Waals surface area (Å²) in [5.74, 6) is 0.560. The van der Waals surface area contributed by atoms with Crippen molar-refractivity contribution in [3.63, 3.8) is 0 Å². The van der Waals surface area contributed by atoms with Crippen LogP contribution in [-0.2, 0) is 4.74 Å². The fourth-order valence-corrected chi connectivity index (χ4v) is 1.32. The van der Waals surface area contributed by atoms with Crippen molar-refractivity contribution in [3.8, 4) is 5.75 Å². The first kappa shape index (κ1) is 12.2. The summed E-state index contributed by atoms with van der Waals surface area (Å²) in [4.78, 5) is 0.313. The zero-order chi connectivity index (χ0) is 11.3. The van der Waals surface area contributed by atoms with Gasteiger partial charge in [-0.2, -0.15) is 0 Å². The zero-order valence-corrected chi connectivity index (χ0v) is 9.90.